The number of rotatable bonds is 1. The highest BCUT2D eigenvalue weighted by Crippen LogP contribution is 2.30. The second kappa shape index (κ2) is 3.03. The summed E-state index contributed by atoms with van der Waals surface area (Å²) in [5, 5.41) is 0.532. The van der Waals surface area contributed by atoms with E-state index in [4.69, 9.17) is 11.6 Å². The van der Waals surface area contributed by atoms with Gasteiger partial charge in [-0.2, -0.15) is 0 Å². The Morgan fingerprint density at radius 1 is 1.80 bits per heavy atom. The van der Waals surface area contributed by atoms with Gasteiger partial charge in [0.05, 0.1) is 13.7 Å². The van der Waals surface area contributed by atoms with Crippen molar-refractivity contribution in [2.24, 2.45) is 0 Å². The molecule has 1 heterocycles. The number of hydrogen-bond donors (Lipinski definition) is 0. The molecule has 1 rings (SSSR count). The van der Waals surface area contributed by atoms with E-state index in [1.165, 1.54) is 18.3 Å². The fourth-order valence-corrected chi connectivity index (χ4v) is 2.52. The molecular weight excluding hydrogens is 235 g/mol. The van der Waals surface area contributed by atoms with E-state index in [2.05, 4.69) is 15.9 Å². The Morgan fingerprint density at radius 3 is 2.60 bits per heavy atom. The van der Waals surface area contributed by atoms with E-state index in [1.807, 2.05) is 0 Å². The highest BCUT2D eigenvalue weighted by atomic mass is 79.9. The number of carbonyl (C=O) groups excluding carboxylic acids is 1. The second-order valence-corrected chi connectivity index (χ2v) is 4.62. The summed E-state index contributed by atoms with van der Waals surface area (Å²) in [4.78, 5) is 11.4. The molecule has 54 valence electrons. The summed E-state index contributed by atoms with van der Waals surface area (Å²) >= 11 is 10.3. The van der Waals surface area contributed by atoms with Crippen molar-refractivity contribution < 1.29 is 4.79 Å². The number of carbonyl (C=O) groups is 1. The van der Waals surface area contributed by atoms with Gasteiger partial charge in [-0.05, 0) is 22.0 Å². The van der Waals surface area contributed by atoms with E-state index in [1.54, 1.807) is 6.07 Å². The van der Waals surface area contributed by atoms with Crippen LogP contribution in [0.3, 0.4) is 0 Å². The molecule has 1 aromatic heterocycles. The van der Waals surface area contributed by atoms with Gasteiger partial charge in [-0.15, -0.1) is 11.3 Å². The van der Waals surface area contributed by atoms with Crippen molar-refractivity contribution in [3.63, 3.8) is 0 Å². The zero-order valence-corrected chi connectivity index (χ0v) is 8.31. The molecular formula is C6H4BrClOS. The molecule has 0 spiro atoms. The molecule has 4 heteroatoms. The zero-order chi connectivity index (χ0) is 7.72. The van der Waals surface area contributed by atoms with Gasteiger partial charge >= 0.3 is 0 Å². The van der Waals surface area contributed by atoms with Gasteiger partial charge in [-0.3, -0.25) is 4.79 Å². The fourth-order valence-electron chi connectivity index (χ4n) is 0.581. The van der Waals surface area contributed by atoms with Gasteiger partial charge in [0.15, 0.2) is 5.78 Å². The topological polar surface area (TPSA) is 17.1 Å². The van der Waals surface area contributed by atoms with Gasteiger partial charge in [-0.1, -0.05) is 11.6 Å². The number of ketones is 1. The maximum atomic E-state index is 10.8. The monoisotopic (exact) mass is 238 g/mol. The molecule has 0 amide bonds. The first kappa shape index (κ1) is 8.24. The molecule has 0 bridgehead atoms. The van der Waals surface area contributed by atoms with Crippen LogP contribution in [0.25, 0.3) is 0 Å². The van der Waals surface area contributed by atoms with E-state index in [-0.39, 0.29) is 5.78 Å². The average Bonchev–Trinajstić information content (AvgIpc) is 2.10. The summed E-state index contributed by atoms with van der Waals surface area (Å²) in [6.45, 7) is 1.50. The van der Waals surface area contributed by atoms with E-state index < -0.39 is 0 Å². The fraction of sp³-hybridized carbons (Fsp3) is 0.167. The van der Waals surface area contributed by atoms with Crippen molar-refractivity contribution >= 4 is 44.7 Å². The first-order chi connectivity index (χ1) is 4.61. The van der Waals surface area contributed by atoms with Crippen molar-refractivity contribution in [3.8, 4) is 0 Å². The van der Waals surface area contributed by atoms with Crippen LogP contribution in [-0.2, 0) is 0 Å². The van der Waals surface area contributed by atoms with Crippen LogP contribution in [0.15, 0.2) is 9.85 Å². The lowest BCUT2D eigenvalue weighted by Crippen LogP contribution is -1.85. The van der Waals surface area contributed by atoms with Gasteiger partial charge in [0.2, 0.25) is 0 Å². The van der Waals surface area contributed by atoms with E-state index in [9.17, 15) is 4.79 Å². The lowest BCUT2D eigenvalue weighted by Gasteiger charge is -1.85. The van der Waals surface area contributed by atoms with Crippen molar-refractivity contribution in [2.75, 3.05) is 0 Å². The highest BCUT2D eigenvalue weighted by Gasteiger charge is 2.08. The van der Waals surface area contributed by atoms with Crippen LogP contribution in [0, 0.1) is 0 Å². The minimum atomic E-state index is 0.0145. The molecule has 0 unspecified atom stereocenters. The molecule has 0 fully saturated rings. The quantitative estimate of drug-likeness (QED) is 0.687. The van der Waals surface area contributed by atoms with Crippen LogP contribution < -0.4 is 0 Å². The Labute approximate surface area is 76.1 Å². The van der Waals surface area contributed by atoms with Crippen molar-refractivity contribution in [2.45, 2.75) is 6.92 Å². The van der Waals surface area contributed by atoms with Gasteiger partial charge in [0.25, 0.3) is 0 Å². The number of thiophene rings is 1. The maximum Gasteiger partial charge on any atom is 0.171 e. The third kappa shape index (κ3) is 1.59. The van der Waals surface area contributed by atoms with Crippen LogP contribution in [0.5, 0.6) is 0 Å². The largest absolute Gasteiger partial charge is 0.294 e. The third-order valence-electron chi connectivity index (χ3n) is 0.976. The molecule has 1 nitrogen and oxygen atoms in total. The van der Waals surface area contributed by atoms with Crippen LogP contribution in [-0.4, -0.2) is 5.78 Å². The van der Waals surface area contributed by atoms with Gasteiger partial charge < -0.3 is 0 Å². The standard InChI is InChI=1S/C6H4BrClOS/c1-3(9)6-4(8)2-5(7)10-6/h2H,1H3. The van der Waals surface area contributed by atoms with Crippen molar-refractivity contribution in [3.05, 3.63) is 19.8 Å². The molecule has 0 aromatic carbocycles. The molecule has 0 N–H and O–H groups in total. The highest BCUT2D eigenvalue weighted by molar-refractivity contribution is 9.11. The van der Waals surface area contributed by atoms with Gasteiger partial charge in [0, 0.05) is 6.92 Å². The zero-order valence-electron chi connectivity index (χ0n) is 5.15. The Bertz CT molecular complexity index is 269. The lowest BCUT2D eigenvalue weighted by atomic mass is 10.4. The minimum Gasteiger partial charge on any atom is -0.294 e. The SMILES string of the molecule is CC(=O)c1sc(Br)cc1Cl. The smallest absolute Gasteiger partial charge is 0.171 e. The number of hydrogen-bond acceptors (Lipinski definition) is 2. The lowest BCUT2D eigenvalue weighted by molar-refractivity contribution is 0.102. The van der Waals surface area contributed by atoms with Crippen LogP contribution >= 0.6 is 38.9 Å². The molecule has 0 saturated carbocycles. The third-order valence-corrected chi connectivity index (χ3v) is 3.13. The molecule has 0 aliphatic heterocycles. The summed E-state index contributed by atoms with van der Waals surface area (Å²) in [7, 11) is 0. The molecule has 0 radical (unpaired) electrons. The molecule has 0 aliphatic rings. The van der Waals surface area contributed by atoms with Crippen LogP contribution in [0.2, 0.25) is 5.02 Å². The van der Waals surface area contributed by atoms with Crippen molar-refractivity contribution in [1.29, 1.82) is 0 Å². The molecule has 10 heavy (non-hydrogen) atoms. The predicted molar refractivity (Wildman–Crippen MR) is 47.0 cm³/mol. The molecule has 0 aliphatic carbocycles. The van der Waals surface area contributed by atoms with Crippen molar-refractivity contribution in [1.82, 2.24) is 0 Å². The van der Waals surface area contributed by atoms with E-state index in [0.29, 0.717) is 9.90 Å². The molecule has 1 aromatic rings. The van der Waals surface area contributed by atoms with E-state index in [0.717, 1.165) is 3.79 Å². The van der Waals surface area contributed by atoms with Gasteiger partial charge in [-0.25, -0.2) is 0 Å². The number of Topliss-reactive ketones (excluding diaryl/α,β-unsaturated/α-hetero) is 1. The second-order valence-electron chi connectivity index (χ2n) is 1.78. The summed E-state index contributed by atoms with van der Waals surface area (Å²) < 4.78 is 0.891. The predicted octanol–water partition coefficient (Wildman–Crippen LogP) is 3.37. The summed E-state index contributed by atoms with van der Waals surface area (Å²) in [6, 6.07) is 1.73. The number of halogens is 2. The molecule has 0 saturated heterocycles. The van der Waals surface area contributed by atoms with Crippen LogP contribution in [0.4, 0.5) is 0 Å². The summed E-state index contributed by atoms with van der Waals surface area (Å²) in [6.07, 6.45) is 0. The van der Waals surface area contributed by atoms with E-state index >= 15 is 0 Å². The minimum absolute atomic E-state index is 0.0145. The Hall–Kier alpha value is 0.140. The van der Waals surface area contributed by atoms with Gasteiger partial charge in [0.1, 0.15) is 0 Å². The Balaban J connectivity index is 3.15. The normalized spacial score (nSPS) is 9.90. The van der Waals surface area contributed by atoms with Crippen LogP contribution in [0.1, 0.15) is 16.6 Å². The Kier molecular flexibility index (Phi) is 2.50. The first-order valence-corrected chi connectivity index (χ1v) is 4.56. The molecule has 0 atom stereocenters. The Morgan fingerprint density at radius 2 is 2.40 bits per heavy atom. The maximum absolute atomic E-state index is 10.8. The average molecular weight is 240 g/mol. The summed E-state index contributed by atoms with van der Waals surface area (Å²) in [5.74, 6) is 0.0145. The summed E-state index contributed by atoms with van der Waals surface area (Å²) in [5.41, 5.74) is 0. The first-order valence-electron chi connectivity index (χ1n) is 2.57.